The highest BCUT2D eigenvalue weighted by molar-refractivity contribution is 5.94. The van der Waals surface area contributed by atoms with Crippen molar-refractivity contribution >= 4 is 16.8 Å². The van der Waals surface area contributed by atoms with Gasteiger partial charge in [0.05, 0.1) is 6.61 Å². The Morgan fingerprint density at radius 1 is 1.00 bits per heavy atom. The number of hydrogen-bond acceptors (Lipinski definition) is 3. The van der Waals surface area contributed by atoms with E-state index in [1.54, 1.807) is 18.3 Å². The van der Waals surface area contributed by atoms with Gasteiger partial charge in [0.15, 0.2) is 0 Å². The molecule has 0 fully saturated rings. The van der Waals surface area contributed by atoms with Gasteiger partial charge in [-0.1, -0.05) is 36.4 Å². The van der Waals surface area contributed by atoms with Crippen molar-refractivity contribution in [3.05, 3.63) is 72.4 Å². The minimum absolute atomic E-state index is 0.0579. The first-order valence-electron chi connectivity index (χ1n) is 7.64. The van der Waals surface area contributed by atoms with Crippen LogP contribution in [0.5, 0.6) is 5.75 Å². The van der Waals surface area contributed by atoms with Gasteiger partial charge in [0.2, 0.25) is 0 Å². The van der Waals surface area contributed by atoms with E-state index < -0.39 is 0 Å². The van der Waals surface area contributed by atoms with Gasteiger partial charge in [-0.25, -0.2) is 0 Å². The number of carbonyl (C=O) groups is 1. The van der Waals surface area contributed by atoms with Crippen LogP contribution in [0.2, 0.25) is 0 Å². The summed E-state index contributed by atoms with van der Waals surface area (Å²) in [4.78, 5) is 16.2. The molecule has 23 heavy (non-hydrogen) atoms. The van der Waals surface area contributed by atoms with E-state index in [1.165, 1.54) is 0 Å². The third-order valence-electron chi connectivity index (χ3n) is 3.50. The van der Waals surface area contributed by atoms with Crippen molar-refractivity contribution in [2.24, 2.45) is 0 Å². The summed E-state index contributed by atoms with van der Waals surface area (Å²) in [5.74, 6) is 0.718. The van der Waals surface area contributed by atoms with Gasteiger partial charge in [0, 0.05) is 23.7 Å². The molecular formula is C19H18N2O2. The molecule has 0 aliphatic rings. The lowest BCUT2D eigenvalue weighted by Gasteiger charge is -2.09. The maximum Gasteiger partial charge on any atom is 0.251 e. The number of benzene rings is 2. The van der Waals surface area contributed by atoms with Crippen LogP contribution in [0.1, 0.15) is 16.8 Å². The minimum Gasteiger partial charge on any atom is -0.491 e. The molecular weight excluding hydrogens is 288 g/mol. The molecule has 0 unspecified atom stereocenters. The number of aromatic nitrogens is 1. The molecule has 2 aromatic carbocycles. The summed E-state index contributed by atoms with van der Waals surface area (Å²) in [6.45, 7) is 1.11. The average molecular weight is 306 g/mol. The fraction of sp³-hybridized carbons (Fsp3) is 0.158. The summed E-state index contributed by atoms with van der Waals surface area (Å²) in [5.41, 5.74) is 1.54. The van der Waals surface area contributed by atoms with E-state index in [9.17, 15) is 4.79 Å². The maximum absolute atomic E-state index is 11.9. The van der Waals surface area contributed by atoms with Crippen LogP contribution in [0, 0.1) is 0 Å². The normalized spacial score (nSPS) is 10.4. The summed E-state index contributed by atoms with van der Waals surface area (Å²) in [5, 5.41) is 3.95. The number of nitrogens with zero attached hydrogens (tertiary/aromatic N) is 1. The monoisotopic (exact) mass is 306 g/mol. The summed E-state index contributed by atoms with van der Waals surface area (Å²) in [6.07, 6.45) is 2.50. The van der Waals surface area contributed by atoms with E-state index in [4.69, 9.17) is 4.74 Å². The Morgan fingerprint density at radius 2 is 1.83 bits per heavy atom. The zero-order chi connectivity index (χ0) is 15.9. The quantitative estimate of drug-likeness (QED) is 0.710. The first-order valence-corrected chi connectivity index (χ1v) is 7.64. The summed E-state index contributed by atoms with van der Waals surface area (Å²) >= 11 is 0. The molecule has 0 atom stereocenters. The summed E-state index contributed by atoms with van der Waals surface area (Å²) in [6, 6.07) is 19.0. The van der Waals surface area contributed by atoms with E-state index in [2.05, 4.69) is 10.3 Å². The third-order valence-corrected chi connectivity index (χ3v) is 3.50. The van der Waals surface area contributed by atoms with Crippen LogP contribution in [-0.2, 0) is 0 Å². The first-order chi connectivity index (χ1) is 11.3. The molecule has 1 N–H and O–H groups in total. The second-order valence-electron chi connectivity index (χ2n) is 5.16. The van der Waals surface area contributed by atoms with Crippen molar-refractivity contribution in [1.29, 1.82) is 0 Å². The van der Waals surface area contributed by atoms with E-state index >= 15 is 0 Å². The largest absolute Gasteiger partial charge is 0.491 e. The Bertz CT molecular complexity index is 782. The molecule has 1 aromatic heterocycles. The van der Waals surface area contributed by atoms with Gasteiger partial charge in [-0.05, 0) is 30.7 Å². The molecule has 4 nitrogen and oxygen atoms in total. The van der Waals surface area contributed by atoms with Crippen molar-refractivity contribution in [3.8, 4) is 5.75 Å². The number of carbonyl (C=O) groups excluding carboxylic acids is 1. The Hall–Kier alpha value is -2.88. The third kappa shape index (κ3) is 3.86. The number of nitrogens with one attached hydrogen (secondary N) is 1. The topological polar surface area (TPSA) is 51.2 Å². The van der Waals surface area contributed by atoms with Crippen LogP contribution in [0.3, 0.4) is 0 Å². The molecule has 116 valence electrons. The molecule has 0 radical (unpaired) electrons. The fourth-order valence-corrected chi connectivity index (χ4v) is 2.34. The molecule has 1 amide bonds. The van der Waals surface area contributed by atoms with Gasteiger partial charge in [0.25, 0.3) is 5.91 Å². The Kier molecular flexibility index (Phi) is 4.84. The van der Waals surface area contributed by atoms with Gasteiger partial charge < -0.3 is 10.1 Å². The number of amides is 1. The molecule has 3 rings (SSSR count). The minimum atomic E-state index is -0.0579. The summed E-state index contributed by atoms with van der Waals surface area (Å²) in [7, 11) is 0. The predicted molar refractivity (Wildman–Crippen MR) is 90.6 cm³/mol. The SMILES string of the molecule is O=C(NCCCOc1cccc2cccnc12)c1ccccc1. The standard InChI is InChI=1S/C19H18N2O2/c22-19(16-7-2-1-3-8-16)21-13-6-14-23-17-11-4-9-15-10-5-12-20-18(15)17/h1-5,7-12H,6,13-14H2,(H,21,22). The number of fused-ring (bicyclic) bond motifs is 1. The number of rotatable bonds is 6. The molecule has 0 aliphatic carbocycles. The number of pyridine rings is 1. The Balaban J connectivity index is 1.47. The lowest BCUT2D eigenvalue weighted by molar-refractivity contribution is 0.0951. The molecule has 0 saturated carbocycles. The lowest BCUT2D eigenvalue weighted by Crippen LogP contribution is -2.25. The van der Waals surface area contributed by atoms with Crippen LogP contribution in [0.15, 0.2) is 66.9 Å². The molecule has 0 spiro atoms. The van der Waals surface area contributed by atoms with Crippen molar-refractivity contribution in [3.63, 3.8) is 0 Å². The summed E-state index contributed by atoms with van der Waals surface area (Å²) < 4.78 is 5.79. The highest BCUT2D eigenvalue weighted by Crippen LogP contribution is 2.22. The molecule has 0 bridgehead atoms. The fourth-order valence-electron chi connectivity index (χ4n) is 2.34. The van der Waals surface area contributed by atoms with Gasteiger partial charge >= 0.3 is 0 Å². The van der Waals surface area contributed by atoms with E-state index in [0.29, 0.717) is 18.7 Å². The van der Waals surface area contributed by atoms with Crippen molar-refractivity contribution < 1.29 is 9.53 Å². The predicted octanol–water partition coefficient (Wildman–Crippen LogP) is 3.43. The van der Waals surface area contributed by atoms with Gasteiger partial charge in [0.1, 0.15) is 11.3 Å². The van der Waals surface area contributed by atoms with Crippen LogP contribution in [0.25, 0.3) is 10.9 Å². The zero-order valence-corrected chi connectivity index (χ0v) is 12.7. The second-order valence-corrected chi connectivity index (χ2v) is 5.16. The van der Waals surface area contributed by atoms with Crippen molar-refractivity contribution in [2.75, 3.05) is 13.2 Å². The zero-order valence-electron chi connectivity index (χ0n) is 12.7. The van der Waals surface area contributed by atoms with Gasteiger partial charge in [-0.2, -0.15) is 0 Å². The van der Waals surface area contributed by atoms with E-state index in [1.807, 2.05) is 48.5 Å². The highest BCUT2D eigenvalue weighted by atomic mass is 16.5. The lowest BCUT2D eigenvalue weighted by atomic mass is 10.2. The first kappa shape index (κ1) is 15.0. The van der Waals surface area contributed by atoms with E-state index in [0.717, 1.165) is 23.1 Å². The van der Waals surface area contributed by atoms with E-state index in [-0.39, 0.29) is 5.91 Å². The Labute approximate surface area is 135 Å². The van der Waals surface area contributed by atoms with Crippen molar-refractivity contribution in [2.45, 2.75) is 6.42 Å². The average Bonchev–Trinajstić information content (AvgIpc) is 2.62. The molecule has 0 aliphatic heterocycles. The molecule has 1 heterocycles. The number of para-hydroxylation sites is 1. The number of hydrogen-bond donors (Lipinski definition) is 1. The molecule has 0 saturated heterocycles. The van der Waals surface area contributed by atoms with Crippen LogP contribution >= 0.6 is 0 Å². The van der Waals surface area contributed by atoms with Gasteiger partial charge in [-0.15, -0.1) is 0 Å². The van der Waals surface area contributed by atoms with Crippen LogP contribution in [-0.4, -0.2) is 24.0 Å². The smallest absolute Gasteiger partial charge is 0.251 e. The second kappa shape index (κ2) is 7.40. The molecule has 4 heteroatoms. The number of ether oxygens (including phenoxy) is 1. The van der Waals surface area contributed by atoms with Gasteiger partial charge in [-0.3, -0.25) is 9.78 Å². The van der Waals surface area contributed by atoms with Crippen molar-refractivity contribution in [1.82, 2.24) is 10.3 Å². The Morgan fingerprint density at radius 3 is 2.70 bits per heavy atom. The van der Waals surface area contributed by atoms with Crippen LogP contribution < -0.4 is 10.1 Å². The highest BCUT2D eigenvalue weighted by Gasteiger charge is 2.04. The molecule has 3 aromatic rings. The maximum atomic E-state index is 11.9. The van der Waals surface area contributed by atoms with Crippen LogP contribution in [0.4, 0.5) is 0 Å².